The highest BCUT2D eigenvalue weighted by Gasteiger charge is 2.40. The van der Waals surface area contributed by atoms with Crippen LogP contribution in [-0.4, -0.2) is 6.61 Å². The first-order valence-electron chi connectivity index (χ1n) is 3.61. The van der Waals surface area contributed by atoms with E-state index in [0.717, 1.165) is 12.2 Å². The first-order valence-corrected chi connectivity index (χ1v) is 3.61. The molecule has 58 valence electrons. The van der Waals surface area contributed by atoms with E-state index >= 15 is 0 Å². The topological polar surface area (TPSA) is 12.5 Å². The predicted molar refractivity (Wildman–Crippen MR) is 39.7 cm³/mol. The summed E-state index contributed by atoms with van der Waals surface area (Å²) in [5.74, 6) is -0.196. The molecule has 1 aliphatic rings. The first-order chi connectivity index (χ1) is 5.21. The molecule has 0 bridgehead atoms. The van der Waals surface area contributed by atoms with Crippen molar-refractivity contribution in [2.75, 3.05) is 6.61 Å². The predicted octanol–water partition coefficient (Wildman–Crippen LogP) is 2.07. The Morgan fingerprint density at radius 1 is 1.36 bits per heavy atom. The van der Waals surface area contributed by atoms with Crippen LogP contribution in [0.3, 0.4) is 0 Å². The summed E-state index contributed by atoms with van der Waals surface area (Å²) < 4.78 is 17.7. The Kier molecular flexibility index (Phi) is 1.26. The lowest BCUT2D eigenvalue weighted by Crippen LogP contribution is -2.00. The number of benzene rings is 1. The quantitative estimate of drug-likeness (QED) is 0.561. The van der Waals surface area contributed by atoms with E-state index in [9.17, 15) is 4.39 Å². The maximum atomic E-state index is 12.5. The van der Waals surface area contributed by atoms with Crippen molar-refractivity contribution in [3.63, 3.8) is 0 Å². The van der Waals surface area contributed by atoms with Gasteiger partial charge in [0.15, 0.2) is 0 Å². The third-order valence-corrected chi connectivity index (χ3v) is 2.03. The fourth-order valence-electron chi connectivity index (χ4n) is 1.08. The molecule has 2 rings (SSSR count). The van der Waals surface area contributed by atoms with Crippen LogP contribution in [0.2, 0.25) is 0 Å². The minimum absolute atomic E-state index is 0.131. The van der Waals surface area contributed by atoms with Crippen LogP contribution in [0, 0.1) is 5.82 Å². The Morgan fingerprint density at radius 2 is 1.91 bits per heavy atom. The Labute approximate surface area is 64.8 Å². The molecule has 0 saturated carbocycles. The van der Waals surface area contributed by atoms with Crippen molar-refractivity contribution in [1.82, 2.24) is 0 Å². The average molecular weight is 152 g/mol. The van der Waals surface area contributed by atoms with Gasteiger partial charge in [-0.2, -0.15) is 0 Å². The summed E-state index contributed by atoms with van der Waals surface area (Å²) in [7, 11) is 0. The Hall–Kier alpha value is -0.890. The highest BCUT2D eigenvalue weighted by atomic mass is 19.1. The minimum Gasteiger partial charge on any atom is -0.365 e. The molecule has 11 heavy (non-hydrogen) atoms. The van der Waals surface area contributed by atoms with Gasteiger partial charge in [-0.25, -0.2) is 4.39 Å². The highest BCUT2D eigenvalue weighted by molar-refractivity contribution is 5.25. The van der Waals surface area contributed by atoms with Gasteiger partial charge in [0, 0.05) is 0 Å². The zero-order valence-electron chi connectivity index (χ0n) is 6.30. The third kappa shape index (κ3) is 1.14. The minimum atomic E-state index is -0.196. The van der Waals surface area contributed by atoms with Crippen molar-refractivity contribution in [3.05, 3.63) is 35.6 Å². The molecule has 0 spiro atoms. The maximum absolute atomic E-state index is 12.5. The number of hydrogen-bond donors (Lipinski definition) is 0. The van der Waals surface area contributed by atoms with Crippen LogP contribution >= 0.6 is 0 Å². The van der Waals surface area contributed by atoms with Crippen LogP contribution in [-0.2, 0) is 10.3 Å². The summed E-state index contributed by atoms with van der Waals surface area (Å²) in [4.78, 5) is 0. The maximum Gasteiger partial charge on any atom is 0.123 e. The van der Waals surface area contributed by atoms with E-state index in [1.54, 1.807) is 12.1 Å². The highest BCUT2D eigenvalue weighted by Crippen LogP contribution is 2.37. The van der Waals surface area contributed by atoms with E-state index in [2.05, 4.69) is 0 Å². The van der Waals surface area contributed by atoms with Gasteiger partial charge in [-0.3, -0.25) is 0 Å². The molecule has 0 aromatic heterocycles. The van der Waals surface area contributed by atoms with E-state index < -0.39 is 0 Å². The molecule has 1 fully saturated rings. The molecule has 2 heteroatoms. The third-order valence-electron chi connectivity index (χ3n) is 2.03. The molecule has 0 unspecified atom stereocenters. The molecule has 1 atom stereocenters. The monoisotopic (exact) mass is 152 g/mol. The molecule has 1 aromatic rings. The summed E-state index contributed by atoms with van der Waals surface area (Å²) in [6.07, 6.45) is 0. The summed E-state index contributed by atoms with van der Waals surface area (Å²) in [5, 5.41) is 0. The molecule has 0 radical (unpaired) electrons. The smallest absolute Gasteiger partial charge is 0.123 e. The van der Waals surface area contributed by atoms with Crippen LogP contribution in [0.25, 0.3) is 0 Å². The van der Waals surface area contributed by atoms with Gasteiger partial charge in [-0.1, -0.05) is 12.1 Å². The lowest BCUT2D eigenvalue weighted by atomic mass is 10.0. The number of hydrogen-bond acceptors (Lipinski definition) is 1. The second-order valence-electron chi connectivity index (χ2n) is 3.03. The molecular formula is C9H9FO. The average Bonchev–Trinajstić information content (AvgIpc) is 2.70. The molecule has 1 heterocycles. The van der Waals surface area contributed by atoms with Crippen LogP contribution in [0.1, 0.15) is 12.5 Å². The Balaban J connectivity index is 2.33. The van der Waals surface area contributed by atoms with Gasteiger partial charge in [-0.15, -0.1) is 0 Å². The molecule has 0 amide bonds. The standard InChI is InChI=1S/C9H9FO/c1-9(6-11-9)7-2-4-8(10)5-3-7/h2-5H,6H2,1H3/t9-/m1/s1. The molecule has 0 N–H and O–H groups in total. The van der Waals surface area contributed by atoms with Crippen molar-refractivity contribution in [2.45, 2.75) is 12.5 Å². The number of epoxide rings is 1. The SMILES string of the molecule is C[C@]1(c2ccc(F)cc2)CO1. The Bertz CT molecular complexity index is 261. The summed E-state index contributed by atoms with van der Waals surface area (Å²) >= 11 is 0. The van der Waals surface area contributed by atoms with Gasteiger partial charge in [0.1, 0.15) is 11.4 Å². The van der Waals surface area contributed by atoms with Gasteiger partial charge in [0.25, 0.3) is 0 Å². The second-order valence-corrected chi connectivity index (χ2v) is 3.03. The van der Waals surface area contributed by atoms with Crippen LogP contribution in [0.4, 0.5) is 4.39 Å². The van der Waals surface area contributed by atoms with E-state index in [4.69, 9.17) is 4.74 Å². The zero-order chi connectivity index (χ0) is 7.90. The van der Waals surface area contributed by atoms with Crippen molar-refractivity contribution in [1.29, 1.82) is 0 Å². The van der Waals surface area contributed by atoms with Gasteiger partial charge >= 0.3 is 0 Å². The molecule has 1 saturated heterocycles. The molecule has 0 aliphatic carbocycles. The number of halogens is 1. The van der Waals surface area contributed by atoms with Gasteiger partial charge in [0.2, 0.25) is 0 Å². The number of ether oxygens (including phenoxy) is 1. The van der Waals surface area contributed by atoms with Gasteiger partial charge < -0.3 is 4.74 Å². The fraction of sp³-hybridized carbons (Fsp3) is 0.333. The van der Waals surface area contributed by atoms with Crippen LogP contribution < -0.4 is 0 Å². The molecule has 1 nitrogen and oxygen atoms in total. The van der Waals surface area contributed by atoms with Crippen molar-refractivity contribution in [2.24, 2.45) is 0 Å². The second kappa shape index (κ2) is 2.05. The number of rotatable bonds is 1. The van der Waals surface area contributed by atoms with Gasteiger partial charge in [-0.05, 0) is 24.6 Å². The normalized spacial score (nSPS) is 28.5. The summed E-state index contributed by atoms with van der Waals surface area (Å²) in [6.45, 7) is 2.75. The molecular weight excluding hydrogens is 143 g/mol. The van der Waals surface area contributed by atoms with E-state index in [0.29, 0.717) is 0 Å². The summed E-state index contributed by atoms with van der Waals surface area (Å²) in [5.41, 5.74) is 0.923. The van der Waals surface area contributed by atoms with Crippen molar-refractivity contribution < 1.29 is 9.13 Å². The lowest BCUT2D eigenvalue weighted by molar-refractivity contribution is 0.329. The van der Waals surface area contributed by atoms with Crippen molar-refractivity contribution in [3.8, 4) is 0 Å². The summed E-state index contributed by atoms with van der Waals surface area (Å²) in [6, 6.07) is 6.45. The Morgan fingerprint density at radius 3 is 2.36 bits per heavy atom. The van der Waals surface area contributed by atoms with E-state index in [1.165, 1.54) is 12.1 Å². The first kappa shape index (κ1) is 6.80. The largest absolute Gasteiger partial charge is 0.365 e. The van der Waals surface area contributed by atoms with E-state index in [-0.39, 0.29) is 11.4 Å². The molecule has 1 aromatic carbocycles. The van der Waals surface area contributed by atoms with E-state index in [1.807, 2.05) is 6.92 Å². The molecule has 1 aliphatic heterocycles. The fourth-order valence-corrected chi connectivity index (χ4v) is 1.08. The van der Waals surface area contributed by atoms with Crippen molar-refractivity contribution >= 4 is 0 Å². The lowest BCUT2D eigenvalue weighted by Gasteiger charge is -2.03. The zero-order valence-corrected chi connectivity index (χ0v) is 6.30. The van der Waals surface area contributed by atoms with Crippen LogP contribution in [0.5, 0.6) is 0 Å². The van der Waals surface area contributed by atoms with Gasteiger partial charge in [0.05, 0.1) is 6.61 Å². The van der Waals surface area contributed by atoms with Crippen LogP contribution in [0.15, 0.2) is 24.3 Å².